The Morgan fingerprint density at radius 3 is 2.70 bits per heavy atom. The standard InChI is InChI=1S/C17H19BrN2/c1-19-17(15-9-16(18)11-20-10-15)14-7-3-6-13(8-14)12-4-2-5-12/h3,6-12,17,19H,2,4-5H2,1H3. The van der Waals surface area contributed by atoms with Gasteiger partial charge in [-0.1, -0.05) is 30.7 Å². The van der Waals surface area contributed by atoms with Crippen molar-refractivity contribution in [2.45, 2.75) is 31.2 Å². The molecule has 1 saturated carbocycles. The van der Waals surface area contributed by atoms with Gasteiger partial charge in [0, 0.05) is 16.9 Å². The molecule has 0 spiro atoms. The summed E-state index contributed by atoms with van der Waals surface area (Å²) in [6.45, 7) is 0. The van der Waals surface area contributed by atoms with Crippen LogP contribution >= 0.6 is 15.9 Å². The van der Waals surface area contributed by atoms with E-state index in [0.29, 0.717) is 0 Å². The van der Waals surface area contributed by atoms with Crippen molar-refractivity contribution in [2.75, 3.05) is 7.05 Å². The normalized spacial score (nSPS) is 16.7. The molecule has 1 aliphatic rings. The first-order valence-electron chi connectivity index (χ1n) is 7.15. The summed E-state index contributed by atoms with van der Waals surface area (Å²) in [6, 6.07) is 11.3. The zero-order chi connectivity index (χ0) is 13.9. The fourth-order valence-electron chi connectivity index (χ4n) is 2.85. The van der Waals surface area contributed by atoms with Gasteiger partial charge >= 0.3 is 0 Å². The average molecular weight is 331 g/mol. The third-order valence-corrected chi connectivity index (χ3v) is 4.60. The maximum absolute atomic E-state index is 4.28. The van der Waals surface area contributed by atoms with E-state index in [9.17, 15) is 0 Å². The highest BCUT2D eigenvalue weighted by molar-refractivity contribution is 9.10. The Bertz CT molecular complexity index is 593. The Morgan fingerprint density at radius 2 is 2.05 bits per heavy atom. The number of nitrogens with one attached hydrogen (secondary N) is 1. The molecule has 0 aliphatic heterocycles. The summed E-state index contributed by atoms with van der Waals surface area (Å²) < 4.78 is 1.02. The van der Waals surface area contributed by atoms with Crippen molar-refractivity contribution in [1.29, 1.82) is 0 Å². The number of hydrogen-bond acceptors (Lipinski definition) is 2. The van der Waals surface area contributed by atoms with Gasteiger partial charge in [0.1, 0.15) is 0 Å². The van der Waals surface area contributed by atoms with Crippen LogP contribution < -0.4 is 5.32 Å². The van der Waals surface area contributed by atoms with Gasteiger partial charge in [0.25, 0.3) is 0 Å². The highest BCUT2D eigenvalue weighted by Crippen LogP contribution is 2.37. The summed E-state index contributed by atoms with van der Waals surface area (Å²) in [6.07, 6.45) is 7.81. The van der Waals surface area contributed by atoms with E-state index in [1.807, 2.05) is 19.4 Å². The Balaban J connectivity index is 1.92. The Hall–Kier alpha value is -1.19. The van der Waals surface area contributed by atoms with E-state index in [0.717, 1.165) is 10.4 Å². The largest absolute Gasteiger partial charge is 0.309 e. The average Bonchev–Trinajstić information content (AvgIpc) is 2.38. The molecule has 1 aliphatic carbocycles. The summed E-state index contributed by atoms with van der Waals surface area (Å²) in [5, 5.41) is 3.40. The highest BCUT2D eigenvalue weighted by Gasteiger charge is 2.21. The SMILES string of the molecule is CNC(c1cncc(Br)c1)c1cccc(C2CCC2)c1. The topological polar surface area (TPSA) is 24.9 Å². The van der Waals surface area contributed by atoms with Crippen LogP contribution in [-0.4, -0.2) is 12.0 Å². The second-order valence-electron chi connectivity index (χ2n) is 5.46. The van der Waals surface area contributed by atoms with Crippen LogP contribution in [0.3, 0.4) is 0 Å². The fourth-order valence-corrected chi connectivity index (χ4v) is 3.23. The number of hydrogen-bond donors (Lipinski definition) is 1. The molecule has 2 nitrogen and oxygen atoms in total. The van der Waals surface area contributed by atoms with Gasteiger partial charge in [-0.25, -0.2) is 0 Å². The monoisotopic (exact) mass is 330 g/mol. The maximum atomic E-state index is 4.28. The lowest BCUT2D eigenvalue weighted by molar-refractivity contribution is 0.419. The van der Waals surface area contributed by atoms with Crippen molar-refractivity contribution in [2.24, 2.45) is 0 Å². The third kappa shape index (κ3) is 2.79. The van der Waals surface area contributed by atoms with Crippen molar-refractivity contribution < 1.29 is 0 Å². The molecular weight excluding hydrogens is 312 g/mol. The first kappa shape index (κ1) is 13.8. The van der Waals surface area contributed by atoms with Crippen LogP contribution in [0.1, 0.15) is 47.9 Å². The summed E-state index contributed by atoms with van der Waals surface area (Å²) >= 11 is 3.50. The van der Waals surface area contributed by atoms with Crippen molar-refractivity contribution in [3.63, 3.8) is 0 Å². The number of aromatic nitrogens is 1. The van der Waals surface area contributed by atoms with Gasteiger partial charge in [-0.05, 0) is 64.5 Å². The van der Waals surface area contributed by atoms with Gasteiger partial charge in [0.15, 0.2) is 0 Å². The number of pyridine rings is 1. The lowest BCUT2D eigenvalue weighted by atomic mass is 9.79. The molecule has 0 radical (unpaired) electrons. The quantitative estimate of drug-likeness (QED) is 0.897. The molecule has 2 aromatic rings. The van der Waals surface area contributed by atoms with E-state index < -0.39 is 0 Å². The van der Waals surface area contributed by atoms with Gasteiger partial charge in [0.2, 0.25) is 0 Å². The fraction of sp³-hybridized carbons (Fsp3) is 0.353. The van der Waals surface area contributed by atoms with E-state index in [4.69, 9.17) is 0 Å². The van der Waals surface area contributed by atoms with Crippen LogP contribution in [0.25, 0.3) is 0 Å². The molecule has 1 aromatic carbocycles. The Kier molecular flexibility index (Phi) is 4.18. The molecule has 0 saturated heterocycles. The van der Waals surface area contributed by atoms with Gasteiger partial charge in [-0.2, -0.15) is 0 Å². The minimum Gasteiger partial charge on any atom is -0.309 e. The third-order valence-electron chi connectivity index (χ3n) is 4.17. The van der Waals surface area contributed by atoms with Gasteiger partial charge in [0.05, 0.1) is 6.04 Å². The minimum atomic E-state index is 0.194. The molecule has 1 fully saturated rings. The lowest BCUT2D eigenvalue weighted by Crippen LogP contribution is -2.18. The molecule has 20 heavy (non-hydrogen) atoms. The van der Waals surface area contributed by atoms with Gasteiger partial charge in [-0.15, -0.1) is 0 Å². The van der Waals surface area contributed by atoms with E-state index in [1.165, 1.54) is 36.0 Å². The van der Waals surface area contributed by atoms with Crippen molar-refractivity contribution >= 4 is 15.9 Å². The van der Waals surface area contributed by atoms with E-state index in [1.54, 1.807) is 0 Å². The predicted octanol–water partition coefficient (Wildman–Crippen LogP) is 4.42. The van der Waals surface area contributed by atoms with E-state index >= 15 is 0 Å². The summed E-state index contributed by atoms with van der Waals surface area (Å²) in [5.41, 5.74) is 3.99. The predicted molar refractivity (Wildman–Crippen MR) is 85.9 cm³/mol. The summed E-state index contributed by atoms with van der Waals surface area (Å²) in [5.74, 6) is 0.771. The molecule has 0 amide bonds. The molecule has 1 unspecified atom stereocenters. The summed E-state index contributed by atoms with van der Waals surface area (Å²) in [7, 11) is 2.00. The maximum Gasteiger partial charge on any atom is 0.0590 e. The summed E-state index contributed by atoms with van der Waals surface area (Å²) in [4.78, 5) is 4.28. The van der Waals surface area contributed by atoms with Gasteiger partial charge in [-0.3, -0.25) is 4.98 Å². The number of halogens is 1. The second-order valence-corrected chi connectivity index (χ2v) is 6.37. The first-order chi connectivity index (χ1) is 9.78. The van der Waals surface area contributed by atoms with Crippen molar-refractivity contribution in [1.82, 2.24) is 10.3 Å². The van der Waals surface area contributed by atoms with Crippen LogP contribution in [0.4, 0.5) is 0 Å². The number of benzene rings is 1. The molecule has 1 heterocycles. The first-order valence-corrected chi connectivity index (χ1v) is 7.95. The molecular formula is C17H19BrN2. The molecule has 104 valence electrons. The van der Waals surface area contributed by atoms with Crippen molar-refractivity contribution in [3.8, 4) is 0 Å². The van der Waals surface area contributed by atoms with Crippen LogP contribution in [0, 0.1) is 0 Å². The molecule has 0 bridgehead atoms. The van der Waals surface area contributed by atoms with Crippen LogP contribution in [0.2, 0.25) is 0 Å². The Morgan fingerprint density at radius 1 is 1.20 bits per heavy atom. The van der Waals surface area contributed by atoms with E-state index in [2.05, 4.69) is 56.6 Å². The Labute approximate surface area is 128 Å². The molecule has 1 N–H and O–H groups in total. The second kappa shape index (κ2) is 6.06. The highest BCUT2D eigenvalue weighted by atomic mass is 79.9. The molecule has 1 aromatic heterocycles. The zero-order valence-electron chi connectivity index (χ0n) is 11.6. The van der Waals surface area contributed by atoms with Crippen LogP contribution in [0.15, 0.2) is 47.2 Å². The van der Waals surface area contributed by atoms with Crippen LogP contribution in [-0.2, 0) is 0 Å². The lowest BCUT2D eigenvalue weighted by Gasteiger charge is -2.27. The number of rotatable bonds is 4. The smallest absolute Gasteiger partial charge is 0.0590 e. The van der Waals surface area contributed by atoms with E-state index in [-0.39, 0.29) is 6.04 Å². The van der Waals surface area contributed by atoms with Crippen LogP contribution in [0.5, 0.6) is 0 Å². The minimum absolute atomic E-state index is 0.194. The molecule has 3 rings (SSSR count). The number of nitrogens with zero attached hydrogens (tertiary/aromatic N) is 1. The molecule has 1 atom stereocenters. The van der Waals surface area contributed by atoms with Crippen molar-refractivity contribution in [3.05, 3.63) is 63.9 Å². The van der Waals surface area contributed by atoms with Gasteiger partial charge < -0.3 is 5.32 Å². The molecule has 3 heteroatoms. The zero-order valence-corrected chi connectivity index (χ0v) is 13.2.